The fourth-order valence-electron chi connectivity index (χ4n) is 5.19. The summed E-state index contributed by atoms with van der Waals surface area (Å²) >= 11 is 1.59. The molecule has 0 fully saturated rings. The number of ketones is 1. The molecule has 0 aliphatic rings. The van der Waals surface area contributed by atoms with Crippen molar-refractivity contribution in [3.05, 3.63) is 160 Å². The predicted octanol–water partition coefficient (Wildman–Crippen LogP) is 7.69. The van der Waals surface area contributed by atoms with E-state index in [4.69, 9.17) is 9.47 Å². The highest BCUT2D eigenvalue weighted by molar-refractivity contribution is 7.10. The summed E-state index contributed by atoms with van der Waals surface area (Å²) in [6, 6.07) is 36.9. The van der Waals surface area contributed by atoms with Crippen LogP contribution in [0.3, 0.4) is 0 Å². The van der Waals surface area contributed by atoms with E-state index < -0.39 is 12.0 Å². The first-order valence-corrected chi connectivity index (χ1v) is 16.7. The third-order valence-electron chi connectivity index (χ3n) is 7.69. The Morgan fingerprint density at radius 2 is 1.52 bits per heavy atom. The van der Waals surface area contributed by atoms with Crippen LogP contribution in [-0.4, -0.2) is 48.9 Å². The molecule has 244 valence electrons. The van der Waals surface area contributed by atoms with Crippen LogP contribution in [-0.2, 0) is 27.3 Å². The average molecular weight is 659 g/mol. The third kappa shape index (κ3) is 9.77. The van der Waals surface area contributed by atoms with E-state index in [-0.39, 0.29) is 11.7 Å². The van der Waals surface area contributed by atoms with E-state index >= 15 is 0 Å². The van der Waals surface area contributed by atoms with E-state index in [1.165, 1.54) is 7.11 Å². The van der Waals surface area contributed by atoms with Gasteiger partial charge in [0, 0.05) is 47.3 Å². The maximum Gasteiger partial charge on any atom is 0.328 e. The van der Waals surface area contributed by atoms with Gasteiger partial charge in [-0.2, -0.15) is 0 Å². The number of ether oxygens (including phenoxy) is 2. The van der Waals surface area contributed by atoms with Crippen LogP contribution in [0, 0.1) is 0 Å². The summed E-state index contributed by atoms with van der Waals surface area (Å²) in [7, 11) is 1.35. The van der Waals surface area contributed by atoms with Crippen LogP contribution in [0.15, 0.2) is 133 Å². The van der Waals surface area contributed by atoms with Crippen molar-refractivity contribution in [1.82, 2.24) is 4.90 Å². The Hall–Kier alpha value is -5.47. The van der Waals surface area contributed by atoms with Crippen molar-refractivity contribution in [2.24, 2.45) is 0 Å². The number of thiophene rings is 1. The number of nitrogens with one attached hydrogen (secondary N) is 1. The van der Waals surface area contributed by atoms with E-state index in [1.54, 1.807) is 47.7 Å². The van der Waals surface area contributed by atoms with Crippen LogP contribution in [0.5, 0.6) is 5.75 Å². The van der Waals surface area contributed by atoms with Gasteiger partial charge < -0.3 is 19.7 Å². The van der Waals surface area contributed by atoms with Gasteiger partial charge in [0.25, 0.3) is 0 Å². The number of hydrogen-bond acceptors (Lipinski definition) is 7. The molecule has 0 bridgehead atoms. The highest BCUT2D eigenvalue weighted by atomic mass is 32.1. The summed E-state index contributed by atoms with van der Waals surface area (Å²) in [6.45, 7) is 1.50. The van der Waals surface area contributed by atoms with E-state index in [1.807, 2.05) is 107 Å². The van der Waals surface area contributed by atoms with E-state index in [9.17, 15) is 14.4 Å². The summed E-state index contributed by atoms with van der Waals surface area (Å²) < 4.78 is 11.1. The van der Waals surface area contributed by atoms with Gasteiger partial charge in [0.05, 0.1) is 13.7 Å². The highest BCUT2D eigenvalue weighted by Gasteiger charge is 2.23. The summed E-state index contributed by atoms with van der Waals surface area (Å²) in [5.74, 6) is 0.0828. The number of carbonyl (C=O) groups excluding carboxylic acids is 3. The second-order valence-electron chi connectivity index (χ2n) is 11.1. The lowest BCUT2D eigenvalue weighted by Gasteiger charge is -2.21. The minimum atomic E-state index is -0.714. The molecule has 4 aromatic carbocycles. The summed E-state index contributed by atoms with van der Waals surface area (Å²) in [4.78, 5) is 42.0. The Labute approximate surface area is 285 Å². The molecular weight excluding hydrogens is 621 g/mol. The number of anilines is 1. The van der Waals surface area contributed by atoms with Gasteiger partial charge in [0.1, 0.15) is 11.8 Å². The quantitative estimate of drug-likeness (QED) is 0.0507. The molecule has 0 unspecified atom stereocenters. The third-order valence-corrected chi connectivity index (χ3v) is 8.53. The van der Waals surface area contributed by atoms with Crippen LogP contribution >= 0.6 is 11.3 Å². The van der Waals surface area contributed by atoms with Gasteiger partial charge in [-0.15, -0.1) is 11.3 Å². The summed E-state index contributed by atoms with van der Waals surface area (Å²) in [5.41, 5.74) is 3.57. The lowest BCUT2D eigenvalue weighted by molar-refractivity contribution is -0.141. The zero-order chi connectivity index (χ0) is 33.6. The van der Waals surface area contributed by atoms with Crippen LogP contribution < -0.4 is 10.1 Å². The molecule has 0 radical (unpaired) electrons. The molecule has 0 saturated heterocycles. The number of rotatable bonds is 16. The Morgan fingerprint density at radius 3 is 2.23 bits per heavy atom. The monoisotopic (exact) mass is 658 g/mol. The smallest absolute Gasteiger partial charge is 0.328 e. The van der Waals surface area contributed by atoms with Crippen molar-refractivity contribution in [2.45, 2.75) is 25.4 Å². The number of benzene rings is 4. The van der Waals surface area contributed by atoms with Crippen molar-refractivity contribution >= 4 is 40.8 Å². The molecule has 0 aliphatic carbocycles. The second-order valence-corrected chi connectivity index (χ2v) is 12.1. The number of methoxy groups -OCH3 is 1. The second kappa shape index (κ2) is 17.4. The van der Waals surface area contributed by atoms with Crippen LogP contribution in [0.4, 0.5) is 5.69 Å². The molecule has 5 rings (SSSR count). The van der Waals surface area contributed by atoms with E-state index in [2.05, 4.69) is 5.32 Å². The van der Waals surface area contributed by atoms with Crippen molar-refractivity contribution in [2.75, 3.05) is 25.6 Å². The molecule has 1 amide bonds. The molecule has 1 heterocycles. The number of amides is 1. The summed E-state index contributed by atoms with van der Waals surface area (Å²) in [5, 5.41) is 5.23. The first kappa shape index (κ1) is 33.9. The van der Waals surface area contributed by atoms with E-state index in [0.717, 1.165) is 16.0 Å². The maximum absolute atomic E-state index is 13.2. The van der Waals surface area contributed by atoms with Gasteiger partial charge in [-0.1, -0.05) is 91.0 Å². The van der Waals surface area contributed by atoms with Crippen LogP contribution in [0.1, 0.15) is 38.3 Å². The largest absolute Gasteiger partial charge is 0.494 e. The lowest BCUT2D eigenvalue weighted by atomic mass is 10.00. The molecule has 1 atom stereocenters. The Bertz CT molecular complexity index is 1790. The zero-order valence-corrected chi connectivity index (χ0v) is 27.6. The van der Waals surface area contributed by atoms with Gasteiger partial charge >= 0.3 is 5.97 Å². The Balaban J connectivity index is 1.17. The number of esters is 1. The minimum Gasteiger partial charge on any atom is -0.494 e. The van der Waals surface area contributed by atoms with Crippen molar-refractivity contribution in [3.63, 3.8) is 0 Å². The van der Waals surface area contributed by atoms with Crippen LogP contribution in [0.2, 0.25) is 0 Å². The summed E-state index contributed by atoms with van der Waals surface area (Å²) in [6.07, 6.45) is 4.48. The van der Waals surface area contributed by atoms with Gasteiger partial charge in [-0.3, -0.25) is 9.59 Å². The van der Waals surface area contributed by atoms with Gasteiger partial charge in [0.2, 0.25) is 5.91 Å². The SMILES string of the molecule is COC(=O)[C@H](Cc1ccc(OCCCN(Cc2ccccc2)C(=O)C=Cc2cccs2)cc1)Nc1ccccc1C(=O)c1ccccc1. The van der Waals surface area contributed by atoms with Gasteiger partial charge in [0.15, 0.2) is 5.78 Å². The molecule has 7 nitrogen and oxygen atoms in total. The zero-order valence-electron chi connectivity index (χ0n) is 26.8. The molecule has 8 heteroatoms. The topological polar surface area (TPSA) is 84.9 Å². The molecule has 0 aliphatic heterocycles. The number of nitrogens with zero attached hydrogens (tertiary/aromatic N) is 1. The van der Waals surface area contributed by atoms with E-state index in [0.29, 0.717) is 55.1 Å². The Morgan fingerprint density at radius 1 is 0.812 bits per heavy atom. The van der Waals surface area contributed by atoms with Crippen molar-refractivity contribution in [1.29, 1.82) is 0 Å². The highest BCUT2D eigenvalue weighted by Crippen LogP contribution is 2.22. The maximum atomic E-state index is 13.2. The van der Waals surface area contributed by atoms with Crippen molar-refractivity contribution in [3.8, 4) is 5.75 Å². The Kier molecular flexibility index (Phi) is 12.3. The molecule has 0 saturated carbocycles. The molecule has 1 N–H and O–H groups in total. The predicted molar refractivity (Wildman–Crippen MR) is 191 cm³/mol. The molecular formula is C40H38N2O5S. The average Bonchev–Trinajstić information content (AvgIpc) is 3.66. The molecule has 0 spiro atoms. The van der Waals surface area contributed by atoms with Gasteiger partial charge in [-0.05, 0) is 59.3 Å². The normalized spacial score (nSPS) is 11.5. The number of hydrogen-bond donors (Lipinski definition) is 1. The first-order chi connectivity index (χ1) is 23.5. The van der Waals surface area contributed by atoms with Crippen molar-refractivity contribution < 1.29 is 23.9 Å². The number of para-hydroxylation sites is 1. The molecule has 1 aromatic heterocycles. The fraction of sp³-hybridized carbons (Fsp3) is 0.175. The standard InChI is InChI=1S/C40H38N2O5S/c1-46-40(45)37(41-36-18-9-8-17-35(36)39(44)32-14-6-3-7-15-32)28-30-19-21-33(22-20-30)47-26-11-25-42(29-31-12-4-2-5-13-31)38(43)24-23-34-16-10-27-48-34/h2-10,12-24,27,37,41H,11,25-26,28-29H2,1H3/t37-/m0/s1. The first-order valence-electron chi connectivity index (χ1n) is 15.8. The number of carbonyl (C=O) groups is 3. The fourth-order valence-corrected chi connectivity index (χ4v) is 5.81. The lowest BCUT2D eigenvalue weighted by Crippen LogP contribution is -2.33. The molecule has 5 aromatic rings. The molecule has 48 heavy (non-hydrogen) atoms. The van der Waals surface area contributed by atoms with Gasteiger partial charge in [-0.25, -0.2) is 4.79 Å². The van der Waals surface area contributed by atoms with Crippen LogP contribution in [0.25, 0.3) is 6.08 Å². The minimum absolute atomic E-state index is 0.0440.